The molecule has 0 atom stereocenters. The lowest BCUT2D eigenvalue weighted by atomic mass is 9.84. The molecule has 2 aromatic carbocycles. The second kappa shape index (κ2) is 28.2. The van der Waals surface area contributed by atoms with E-state index in [4.69, 9.17) is 0 Å². The first-order valence-corrected chi connectivity index (χ1v) is 25.8. The summed E-state index contributed by atoms with van der Waals surface area (Å²) in [7, 11) is 0. The van der Waals surface area contributed by atoms with Crippen molar-refractivity contribution in [2.45, 2.75) is 127 Å². The van der Waals surface area contributed by atoms with Crippen LogP contribution in [0.5, 0.6) is 0 Å². The van der Waals surface area contributed by atoms with E-state index < -0.39 is 0 Å². The summed E-state index contributed by atoms with van der Waals surface area (Å²) in [6.07, 6.45) is 2.51. The SMILES string of the molecule is CC(C)(C)c1cc2c3c(c1)CN(CCC#N)CCN(CCC#N)CCN(CCC#N)Cc1cc(C(C)(C)C)cc(c1SCCS3)CN(CCC#N)CCN(CCC#N)CCN(CCC#N)C2. The predicted octanol–water partition coefficient (Wildman–Crippen LogP) is 8.49. The standard InChI is InChI=1S/C52H74N12S2/c1-51(2,3)47-35-43-39-61(21-9-15-55)29-25-59(19-7-13-53)27-31-63(23-11-17-57)41-45-37-48(52(4,5)6)38-46-42-64(24-12-18-58)32-28-60(20-8-14-54)26-30-62(22-10-16-56)40-44(36-47)49(43)65-33-34-66-50(45)46/h35-38H,7-12,19-34,39-42H2,1-6H3. The Morgan fingerprint density at radius 3 is 0.803 bits per heavy atom. The van der Waals surface area contributed by atoms with Crippen LogP contribution in [0.3, 0.4) is 0 Å². The number of rotatable bonds is 12. The van der Waals surface area contributed by atoms with Crippen molar-refractivity contribution < 1.29 is 0 Å². The molecule has 12 nitrogen and oxygen atoms in total. The highest BCUT2D eigenvalue weighted by atomic mass is 32.2. The predicted molar refractivity (Wildman–Crippen MR) is 267 cm³/mol. The van der Waals surface area contributed by atoms with Crippen LogP contribution in [0.1, 0.15) is 113 Å². The first-order valence-electron chi connectivity index (χ1n) is 23.9. The third-order valence-electron chi connectivity index (χ3n) is 12.5. The normalized spacial score (nSPS) is 17.8. The molecule has 2 aliphatic rings. The van der Waals surface area contributed by atoms with E-state index in [0.29, 0.717) is 104 Å². The van der Waals surface area contributed by atoms with Gasteiger partial charge in [-0.1, -0.05) is 65.8 Å². The molecule has 66 heavy (non-hydrogen) atoms. The van der Waals surface area contributed by atoms with E-state index in [2.05, 4.69) is 132 Å². The second-order valence-electron chi connectivity index (χ2n) is 19.7. The number of thioether (sulfide) groups is 2. The average Bonchev–Trinajstić information content (AvgIpc) is 3.28. The van der Waals surface area contributed by atoms with Gasteiger partial charge in [-0.25, -0.2) is 0 Å². The third-order valence-corrected chi connectivity index (χ3v) is 15.2. The number of benzene rings is 2. The molecule has 354 valence electrons. The van der Waals surface area contributed by atoms with Crippen molar-refractivity contribution >= 4 is 23.5 Å². The van der Waals surface area contributed by atoms with Gasteiger partial charge in [0.05, 0.1) is 36.4 Å². The third kappa shape index (κ3) is 18.1. The second-order valence-corrected chi connectivity index (χ2v) is 21.9. The lowest BCUT2D eigenvalue weighted by molar-refractivity contribution is 0.170. The molecule has 2 aromatic rings. The molecule has 0 amide bonds. The molecule has 2 bridgehead atoms. The smallest absolute Gasteiger partial charge is 0.0635 e. The fraction of sp³-hybridized carbons (Fsp3) is 0.654. The number of hydrogen-bond donors (Lipinski definition) is 0. The molecule has 0 aliphatic carbocycles. The number of nitriles is 6. The summed E-state index contributed by atoms with van der Waals surface area (Å²) < 4.78 is 0. The molecular formula is C52H74N12S2. The summed E-state index contributed by atoms with van der Waals surface area (Å²) in [5.41, 5.74) is 7.33. The Labute approximate surface area is 406 Å². The summed E-state index contributed by atoms with van der Waals surface area (Å²) in [5, 5.41) is 58.9. The zero-order chi connectivity index (χ0) is 48.0. The highest BCUT2D eigenvalue weighted by molar-refractivity contribution is 8.03. The fourth-order valence-electron chi connectivity index (χ4n) is 8.60. The number of nitrogens with zero attached hydrogens (tertiary/aromatic N) is 12. The quantitative estimate of drug-likeness (QED) is 0.199. The lowest BCUT2D eigenvalue weighted by Gasteiger charge is -2.33. The zero-order valence-electron chi connectivity index (χ0n) is 40.9. The number of fused-ring (bicyclic) bond motifs is 3. The van der Waals surface area contributed by atoms with Crippen molar-refractivity contribution in [2.24, 2.45) is 0 Å². The van der Waals surface area contributed by atoms with Crippen molar-refractivity contribution in [1.82, 2.24) is 29.4 Å². The minimum atomic E-state index is -0.120. The van der Waals surface area contributed by atoms with E-state index >= 15 is 0 Å². The van der Waals surface area contributed by atoms with Crippen LogP contribution in [0, 0.1) is 68.0 Å². The topological polar surface area (TPSA) is 162 Å². The summed E-state index contributed by atoms with van der Waals surface area (Å²) in [6.45, 7) is 26.2. The van der Waals surface area contributed by atoms with Gasteiger partial charge in [0.2, 0.25) is 0 Å². The van der Waals surface area contributed by atoms with Gasteiger partial charge in [0, 0.05) is 178 Å². The number of hydrogen-bond acceptors (Lipinski definition) is 14. The van der Waals surface area contributed by atoms with Gasteiger partial charge in [-0.2, -0.15) is 31.6 Å². The van der Waals surface area contributed by atoms with Gasteiger partial charge in [0.25, 0.3) is 0 Å². The molecule has 4 rings (SSSR count). The molecule has 0 spiro atoms. The van der Waals surface area contributed by atoms with Crippen molar-refractivity contribution in [3.05, 3.63) is 57.6 Å². The Balaban J connectivity index is 2.02. The van der Waals surface area contributed by atoms with Crippen molar-refractivity contribution in [3.8, 4) is 36.4 Å². The average molecular weight is 931 g/mol. The van der Waals surface area contributed by atoms with Crippen LogP contribution in [0.15, 0.2) is 34.1 Å². The molecule has 0 fully saturated rings. The van der Waals surface area contributed by atoms with Crippen LogP contribution in [0.4, 0.5) is 0 Å². The Morgan fingerprint density at radius 1 is 0.379 bits per heavy atom. The van der Waals surface area contributed by atoms with Crippen LogP contribution < -0.4 is 0 Å². The Bertz CT molecular complexity index is 1850. The van der Waals surface area contributed by atoms with E-state index in [1.54, 1.807) is 0 Å². The van der Waals surface area contributed by atoms with E-state index in [9.17, 15) is 31.6 Å². The van der Waals surface area contributed by atoms with Crippen LogP contribution in [0.25, 0.3) is 0 Å². The van der Waals surface area contributed by atoms with E-state index in [1.807, 2.05) is 23.5 Å². The van der Waals surface area contributed by atoms with Gasteiger partial charge in [-0.15, -0.1) is 23.5 Å². The van der Waals surface area contributed by atoms with Crippen molar-refractivity contribution in [2.75, 3.05) is 103 Å². The summed E-state index contributed by atoms with van der Waals surface area (Å²) in [5.74, 6) is 1.74. The van der Waals surface area contributed by atoms with Crippen LogP contribution in [-0.2, 0) is 37.0 Å². The molecule has 0 N–H and O–H groups in total. The molecule has 0 saturated carbocycles. The minimum Gasteiger partial charge on any atom is -0.300 e. The molecule has 0 unspecified atom stereocenters. The molecule has 0 saturated heterocycles. The van der Waals surface area contributed by atoms with E-state index in [0.717, 1.165) is 63.9 Å². The van der Waals surface area contributed by atoms with Crippen LogP contribution in [-0.4, -0.2) is 133 Å². The zero-order valence-corrected chi connectivity index (χ0v) is 42.5. The summed E-state index contributed by atoms with van der Waals surface area (Å²) >= 11 is 3.84. The molecule has 2 heterocycles. The van der Waals surface area contributed by atoms with E-state index in [1.165, 1.54) is 43.2 Å². The molecule has 2 aliphatic heterocycles. The maximum Gasteiger partial charge on any atom is 0.0635 e. The van der Waals surface area contributed by atoms with Crippen LogP contribution >= 0.6 is 23.5 Å². The first kappa shape index (κ1) is 54.4. The van der Waals surface area contributed by atoms with E-state index in [-0.39, 0.29) is 10.8 Å². The van der Waals surface area contributed by atoms with Gasteiger partial charge in [-0.05, 0) is 44.2 Å². The van der Waals surface area contributed by atoms with Crippen LogP contribution in [0.2, 0.25) is 0 Å². The van der Waals surface area contributed by atoms with Gasteiger partial charge < -0.3 is 0 Å². The molecule has 14 heteroatoms. The lowest BCUT2D eigenvalue weighted by Crippen LogP contribution is -2.41. The monoisotopic (exact) mass is 931 g/mol. The van der Waals surface area contributed by atoms with Gasteiger partial charge >= 0.3 is 0 Å². The Kier molecular flexibility index (Phi) is 23.3. The molecule has 0 radical (unpaired) electrons. The van der Waals surface area contributed by atoms with Crippen molar-refractivity contribution in [1.29, 1.82) is 31.6 Å². The largest absolute Gasteiger partial charge is 0.300 e. The fourth-order valence-corrected chi connectivity index (χ4v) is 10.9. The first-order chi connectivity index (χ1) is 31.7. The summed E-state index contributed by atoms with van der Waals surface area (Å²) in [6, 6.07) is 24.0. The Morgan fingerprint density at radius 2 is 0.591 bits per heavy atom. The highest BCUT2D eigenvalue weighted by Gasteiger charge is 2.26. The van der Waals surface area contributed by atoms with Gasteiger partial charge in [-0.3, -0.25) is 29.4 Å². The van der Waals surface area contributed by atoms with Gasteiger partial charge in [0.1, 0.15) is 0 Å². The Hall–Kier alpha value is -4.16. The van der Waals surface area contributed by atoms with Crippen molar-refractivity contribution in [3.63, 3.8) is 0 Å². The summed E-state index contributed by atoms with van der Waals surface area (Å²) in [4.78, 5) is 17.0. The maximum absolute atomic E-state index is 9.85. The van der Waals surface area contributed by atoms with Gasteiger partial charge in [0.15, 0.2) is 0 Å². The minimum absolute atomic E-state index is 0.120. The molecule has 0 aromatic heterocycles. The maximum atomic E-state index is 9.85. The highest BCUT2D eigenvalue weighted by Crippen LogP contribution is 2.38. The molecular weight excluding hydrogens is 857 g/mol.